The third kappa shape index (κ3) is 2.11. The van der Waals surface area contributed by atoms with Gasteiger partial charge in [0, 0.05) is 31.7 Å². The van der Waals surface area contributed by atoms with Gasteiger partial charge < -0.3 is 14.1 Å². The summed E-state index contributed by atoms with van der Waals surface area (Å²) in [7, 11) is 1.77. The van der Waals surface area contributed by atoms with Crippen LogP contribution in [-0.2, 0) is 4.74 Å². The fourth-order valence-electron chi connectivity index (χ4n) is 3.97. The summed E-state index contributed by atoms with van der Waals surface area (Å²) in [6.45, 7) is 1.82. The van der Waals surface area contributed by atoms with E-state index in [9.17, 15) is 4.79 Å². The van der Waals surface area contributed by atoms with Crippen molar-refractivity contribution in [2.24, 2.45) is 0 Å². The Balaban J connectivity index is 1.63. The van der Waals surface area contributed by atoms with Crippen LogP contribution in [0.4, 0.5) is 0 Å². The zero-order valence-electron chi connectivity index (χ0n) is 12.9. The molecule has 4 rings (SSSR count). The smallest absolute Gasteiger partial charge is 0.254 e. The first kappa shape index (κ1) is 13.8. The van der Waals surface area contributed by atoms with E-state index in [-0.39, 0.29) is 5.91 Å². The minimum absolute atomic E-state index is 0.109. The number of fused-ring (bicyclic) bond motifs is 3. The van der Waals surface area contributed by atoms with Crippen LogP contribution >= 0.6 is 0 Å². The Bertz CT molecular complexity index is 710. The van der Waals surface area contributed by atoms with E-state index in [1.54, 1.807) is 7.11 Å². The molecule has 0 N–H and O–H groups in total. The van der Waals surface area contributed by atoms with Gasteiger partial charge in [0.05, 0.1) is 6.10 Å². The van der Waals surface area contributed by atoms with Gasteiger partial charge in [-0.15, -0.1) is 0 Å². The molecule has 1 aromatic carbocycles. The van der Waals surface area contributed by atoms with Gasteiger partial charge in [-0.05, 0) is 43.9 Å². The molecule has 3 heterocycles. The second kappa shape index (κ2) is 5.09. The maximum absolute atomic E-state index is 12.9. The van der Waals surface area contributed by atoms with Crippen LogP contribution in [0.15, 0.2) is 22.6 Å². The zero-order chi connectivity index (χ0) is 15.3. The van der Waals surface area contributed by atoms with Crippen LogP contribution < -0.4 is 0 Å². The molecule has 0 aliphatic carbocycles. The van der Waals surface area contributed by atoms with Crippen molar-refractivity contribution in [1.82, 2.24) is 9.88 Å². The lowest BCUT2D eigenvalue weighted by molar-refractivity contribution is 0.00822. The lowest BCUT2D eigenvalue weighted by Crippen LogP contribution is -2.48. The highest BCUT2D eigenvalue weighted by atomic mass is 16.5. The Morgan fingerprint density at radius 1 is 1.32 bits per heavy atom. The molecule has 1 unspecified atom stereocenters. The van der Waals surface area contributed by atoms with Crippen molar-refractivity contribution < 1.29 is 13.9 Å². The Hall–Kier alpha value is -1.88. The van der Waals surface area contributed by atoms with E-state index >= 15 is 0 Å². The standard InChI is InChI=1S/C17H20N2O3/c1-10-18-15-6-3-11(7-16(15)22-10)17(20)19-12-4-5-13(19)9-14(8-12)21-2/h3,6-7,12-14H,4-5,8-9H2,1-2H3/t12-,13+,14?. The second-order valence-electron chi connectivity index (χ2n) is 6.34. The van der Waals surface area contributed by atoms with Gasteiger partial charge in [-0.3, -0.25) is 4.79 Å². The number of carbonyl (C=O) groups is 1. The molecule has 0 spiro atoms. The number of nitrogens with zero attached hydrogens (tertiary/aromatic N) is 2. The van der Waals surface area contributed by atoms with Crippen molar-refractivity contribution in [2.45, 2.75) is 50.8 Å². The summed E-state index contributed by atoms with van der Waals surface area (Å²) in [5.74, 6) is 0.735. The molecule has 22 heavy (non-hydrogen) atoms. The SMILES string of the molecule is COC1C[C@H]2CC[C@@H](C1)N2C(=O)c1ccc2nc(C)oc2c1. The number of rotatable bonds is 2. The normalized spacial score (nSPS) is 27.5. The van der Waals surface area contributed by atoms with Gasteiger partial charge in [0.2, 0.25) is 0 Å². The molecule has 2 aliphatic rings. The first-order valence-electron chi connectivity index (χ1n) is 7.88. The second-order valence-corrected chi connectivity index (χ2v) is 6.34. The number of carbonyl (C=O) groups excluding carboxylic acids is 1. The van der Waals surface area contributed by atoms with Crippen LogP contribution in [0, 0.1) is 6.92 Å². The summed E-state index contributed by atoms with van der Waals surface area (Å²) in [6, 6.07) is 6.16. The van der Waals surface area contributed by atoms with Gasteiger partial charge in [-0.1, -0.05) is 0 Å². The predicted molar refractivity (Wildman–Crippen MR) is 81.8 cm³/mol. The molecule has 2 aliphatic heterocycles. The van der Waals surface area contributed by atoms with E-state index in [4.69, 9.17) is 9.15 Å². The summed E-state index contributed by atoms with van der Waals surface area (Å²) in [6.07, 6.45) is 4.35. The molecule has 2 saturated heterocycles. The van der Waals surface area contributed by atoms with E-state index in [0.717, 1.165) is 31.2 Å². The molecule has 0 radical (unpaired) electrons. The quantitative estimate of drug-likeness (QED) is 0.855. The fourth-order valence-corrected chi connectivity index (χ4v) is 3.97. The lowest BCUT2D eigenvalue weighted by atomic mass is 9.98. The molecule has 1 amide bonds. The summed E-state index contributed by atoms with van der Waals surface area (Å²) in [5, 5.41) is 0. The first-order chi connectivity index (χ1) is 10.7. The maximum atomic E-state index is 12.9. The zero-order valence-corrected chi connectivity index (χ0v) is 12.9. The maximum Gasteiger partial charge on any atom is 0.254 e. The Labute approximate surface area is 129 Å². The molecule has 0 saturated carbocycles. The van der Waals surface area contributed by atoms with Crippen molar-refractivity contribution in [2.75, 3.05) is 7.11 Å². The van der Waals surface area contributed by atoms with E-state index < -0.39 is 0 Å². The van der Waals surface area contributed by atoms with Crippen LogP contribution in [-0.4, -0.2) is 41.1 Å². The first-order valence-corrected chi connectivity index (χ1v) is 7.88. The molecule has 116 valence electrons. The van der Waals surface area contributed by atoms with Crippen LogP contribution in [0.1, 0.15) is 41.9 Å². The van der Waals surface area contributed by atoms with Crippen LogP contribution in [0.2, 0.25) is 0 Å². The van der Waals surface area contributed by atoms with E-state index in [1.807, 2.05) is 25.1 Å². The number of aryl methyl sites for hydroxylation is 1. The Morgan fingerprint density at radius 2 is 2.05 bits per heavy atom. The lowest BCUT2D eigenvalue weighted by Gasteiger charge is -2.38. The number of oxazole rings is 1. The Kier molecular flexibility index (Phi) is 3.18. The highest BCUT2D eigenvalue weighted by Gasteiger charge is 2.43. The number of piperidine rings is 1. The van der Waals surface area contributed by atoms with Crippen molar-refractivity contribution in [1.29, 1.82) is 0 Å². The number of hydrogen-bond donors (Lipinski definition) is 0. The van der Waals surface area contributed by atoms with Gasteiger partial charge >= 0.3 is 0 Å². The fraction of sp³-hybridized carbons (Fsp3) is 0.529. The average Bonchev–Trinajstić information content (AvgIpc) is 3.01. The molecule has 1 aromatic heterocycles. The summed E-state index contributed by atoms with van der Waals surface area (Å²) < 4.78 is 11.1. The van der Waals surface area contributed by atoms with E-state index in [1.165, 1.54) is 0 Å². The van der Waals surface area contributed by atoms with E-state index in [0.29, 0.717) is 35.2 Å². The number of ether oxygens (including phenoxy) is 1. The molecule has 2 fully saturated rings. The number of hydrogen-bond acceptors (Lipinski definition) is 4. The van der Waals surface area contributed by atoms with Gasteiger partial charge in [0.1, 0.15) is 5.52 Å². The predicted octanol–water partition coefficient (Wildman–Crippen LogP) is 2.92. The van der Waals surface area contributed by atoms with Crippen molar-refractivity contribution in [3.63, 3.8) is 0 Å². The number of aromatic nitrogens is 1. The topological polar surface area (TPSA) is 55.6 Å². The van der Waals surface area contributed by atoms with E-state index in [2.05, 4.69) is 9.88 Å². The Morgan fingerprint density at radius 3 is 2.73 bits per heavy atom. The average molecular weight is 300 g/mol. The third-order valence-electron chi connectivity index (χ3n) is 5.00. The molecule has 2 aromatic rings. The third-order valence-corrected chi connectivity index (χ3v) is 5.00. The largest absolute Gasteiger partial charge is 0.441 e. The number of amides is 1. The van der Waals surface area contributed by atoms with Crippen molar-refractivity contribution in [3.05, 3.63) is 29.7 Å². The summed E-state index contributed by atoms with van der Waals surface area (Å²) >= 11 is 0. The van der Waals surface area contributed by atoms with Gasteiger partial charge in [0.15, 0.2) is 11.5 Å². The highest BCUT2D eigenvalue weighted by molar-refractivity contribution is 5.97. The summed E-state index contributed by atoms with van der Waals surface area (Å²) in [5.41, 5.74) is 2.18. The molecule has 5 heteroatoms. The molecular weight excluding hydrogens is 280 g/mol. The number of benzene rings is 1. The van der Waals surface area contributed by atoms with Crippen LogP contribution in [0.5, 0.6) is 0 Å². The highest BCUT2D eigenvalue weighted by Crippen LogP contribution is 2.37. The molecule has 5 nitrogen and oxygen atoms in total. The molecule has 2 bridgehead atoms. The molecule has 3 atom stereocenters. The van der Waals surface area contributed by atoms with Gasteiger partial charge in [-0.2, -0.15) is 0 Å². The van der Waals surface area contributed by atoms with Gasteiger partial charge in [0.25, 0.3) is 5.91 Å². The van der Waals surface area contributed by atoms with Gasteiger partial charge in [-0.25, -0.2) is 4.98 Å². The minimum atomic E-state index is 0.109. The minimum Gasteiger partial charge on any atom is -0.441 e. The number of methoxy groups -OCH3 is 1. The molecular formula is C17H20N2O3. The van der Waals surface area contributed by atoms with Crippen LogP contribution in [0.25, 0.3) is 11.1 Å². The van der Waals surface area contributed by atoms with Crippen molar-refractivity contribution >= 4 is 17.0 Å². The van der Waals surface area contributed by atoms with Crippen LogP contribution in [0.3, 0.4) is 0 Å². The monoisotopic (exact) mass is 300 g/mol. The van der Waals surface area contributed by atoms with Crippen molar-refractivity contribution in [3.8, 4) is 0 Å². The summed E-state index contributed by atoms with van der Waals surface area (Å²) in [4.78, 5) is 19.3.